The van der Waals surface area contributed by atoms with Gasteiger partial charge in [-0.15, -0.1) is 0 Å². The van der Waals surface area contributed by atoms with Crippen LogP contribution in [0.3, 0.4) is 0 Å². The number of amides is 3. The van der Waals surface area contributed by atoms with Gasteiger partial charge in [0.15, 0.2) is 11.6 Å². The SMILES string of the molecule is NC(=O)[N+]1(Cc2ccc(C(=O)Nc3ccc(Cl)cc3N3CCN(CCC(F)(F)F)CC3)c(F)c2F)CCCC1CO. The molecule has 0 aromatic heterocycles. The second-order valence-electron chi connectivity index (χ2n) is 10.4. The third-order valence-corrected chi connectivity index (χ3v) is 8.17. The number of primary amides is 1. The predicted molar refractivity (Wildman–Crippen MR) is 144 cm³/mol. The minimum atomic E-state index is -4.24. The molecule has 224 valence electrons. The summed E-state index contributed by atoms with van der Waals surface area (Å²) in [5.41, 5.74) is 5.67. The Balaban J connectivity index is 1.50. The fourth-order valence-corrected chi connectivity index (χ4v) is 5.78. The molecule has 2 aromatic carbocycles. The number of piperazine rings is 1. The van der Waals surface area contributed by atoms with Crippen molar-refractivity contribution in [1.29, 1.82) is 0 Å². The van der Waals surface area contributed by atoms with E-state index in [0.717, 1.165) is 6.07 Å². The maximum Gasteiger partial charge on any atom is 0.414 e. The first-order valence-electron chi connectivity index (χ1n) is 13.2. The number of carbonyl (C=O) groups excluding carboxylic acids is 2. The van der Waals surface area contributed by atoms with E-state index >= 15 is 8.78 Å². The number of alkyl halides is 3. The van der Waals surface area contributed by atoms with Crippen molar-refractivity contribution in [1.82, 2.24) is 4.90 Å². The smallest absolute Gasteiger partial charge is 0.390 e. The number of hydrogen-bond acceptors (Lipinski definition) is 5. The van der Waals surface area contributed by atoms with Crippen LogP contribution in [0.4, 0.5) is 38.1 Å². The first-order valence-corrected chi connectivity index (χ1v) is 13.6. The van der Waals surface area contributed by atoms with Crippen LogP contribution in [0.5, 0.6) is 0 Å². The van der Waals surface area contributed by atoms with E-state index in [1.807, 2.05) is 4.90 Å². The van der Waals surface area contributed by atoms with E-state index in [2.05, 4.69) is 5.32 Å². The van der Waals surface area contributed by atoms with Crippen molar-refractivity contribution < 1.29 is 41.1 Å². The molecule has 14 heteroatoms. The second kappa shape index (κ2) is 12.5. The van der Waals surface area contributed by atoms with E-state index in [9.17, 15) is 27.9 Å². The number of aliphatic hydroxyl groups excluding tert-OH is 1. The molecule has 0 saturated carbocycles. The number of likely N-dealkylation sites (tertiary alicyclic amines) is 1. The molecule has 0 bridgehead atoms. The number of quaternary nitrogens is 1. The summed E-state index contributed by atoms with van der Waals surface area (Å²) in [6.07, 6.45) is -4.05. The van der Waals surface area contributed by atoms with Crippen molar-refractivity contribution in [3.8, 4) is 0 Å². The summed E-state index contributed by atoms with van der Waals surface area (Å²) in [5.74, 6) is -3.60. The molecule has 0 radical (unpaired) electrons. The van der Waals surface area contributed by atoms with Crippen LogP contribution in [0, 0.1) is 11.6 Å². The van der Waals surface area contributed by atoms with Crippen LogP contribution >= 0.6 is 11.6 Å². The summed E-state index contributed by atoms with van der Waals surface area (Å²) in [6.45, 7) is 1.03. The van der Waals surface area contributed by atoms with Crippen LogP contribution in [-0.4, -0.2) is 84.5 Å². The second-order valence-corrected chi connectivity index (χ2v) is 10.9. The number of urea groups is 1. The Bertz CT molecular complexity index is 1290. The Hall–Kier alpha value is -3.00. The highest BCUT2D eigenvalue weighted by molar-refractivity contribution is 6.31. The Morgan fingerprint density at radius 3 is 2.44 bits per heavy atom. The number of halogens is 6. The quantitative estimate of drug-likeness (QED) is 0.305. The maximum absolute atomic E-state index is 15.2. The first-order chi connectivity index (χ1) is 19.3. The number of nitrogens with zero attached hydrogens (tertiary/aromatic N) is 3. The summed E-state index contributed by atoms with van der Waals surface area (Å²) in [6, 6.07) is 5.68. The molecule has 8 nitrogen and oxygen atoms in total. The number of anilines is 2. The number of nitrogens with one attached hydrogen (secondary N) is 1. The van der Waals surface area contributed by atoms with Crippen molar-refractivity contribution in [3.05, 3.63) is 58.1 Å². The van der Waals surface area contributed by atoms with Crippen LogP contribution < -0.4 is 16.0 Å². The van der Waals surface area contributed by atoms with E-state index in [4.69, 9.17) is 17.3 Å². The molecule has 0 aliphatic carbocycles. The van der Waals surface area contributed by atoms with Gasteiger partial charge in [-0.25, -0.2) is 18.1 Å². The van der Waals surface area contributed by atoms with Crippen LogP contribution in [-0.2, 0) is 6.54 Å². The molecular weight excluding hydrogens is 573 g/mol. The van der Waals surface area contributed by atoms with Crippen molar-refractivity contribution in [2.24, 2.45) is 5.73 Å². The Morgan fingerprint density at radius 2 is 1.80 bits per heavy atom. The minimum Gasteiger partial charge on any atom is -0.390 e. The molecule has 2 atom stereocenters. The Kier molecular flexibility index (Phi) is 9.42. The molecule has 2 saturated heterocycles. The first kappa shape index (κ1) is 30.9. The average molecular weight is 605 g/mol. The molecule has 4 rings (SSSR count). The highest BCUT2D eigenvalue weighted by Gasteiger charge is 2.47. The van der Waals surface area contributed by atoms with Gasteiger partial charge in [-0.1, -0.05) is 11.6 Å². The third kappa shape index (κ3) is 6.91. The lowest BCUT2D eigenvalue weighted by molar-refractivity contribution is -0.875. The van der Waals surface area contributed by atoms with E-state index in [1.165, 1.54) is 18.2 Å². The zero-order valence-electron chi connectivity index (χ0n) is 22.2. The van der Waals surface area contributed by atoms with Crippen LogP contribution in [0.15, 0.2) is 30.3 Å². The summed E-state index contributed by atoms with van der Waals surface area (Å²) in [5, 5.41) is 12.7. The molecule has 3 amide bonds. The molecule has 2 aliphatic heterocycles. The largest absolute Gasteiger partial charge is 0.414 e. The molecule has 0 spiro atoms. The van der Waals surface area contributed by atoms with Gasteiger partial charge in [0, 0.05) is 56.2 Å². The van der Waals surface area contributed by atoms with E-state index in [-0.39, 0.29) is 37.5 Å². The molecule has 2 aliphatic rings. The van der Waals surface area contributed by atoms with Gasteiger partial charge in [0.1, 0.15) is 12.6 Å². The fraction of sp³-hybridized carbons (Fsp3) is 0.481. The van der Waals surface area contributed by atoms with Crippen LogP contribution in [0.2, 0.25) is 5.02 Å². The number of rotatable bonds is 8. The number of carbonyl (C=O) groups is 2. The number of nitrogens with two attached hydrogens (primary N) is 1. The van der Waals surface area contributed by atoms with Gasteiger partial charge in [-0.3, -0.25) is 9.69 Å². The molecule has 41 heavy (non-hydrogen) atoms. The number of aliphatic hydroxyl groups is 1. The van der Waals surface area contributed by atoms with Gasteiger partial charge >= 0.3 is 12.2 Å². The normalized spacial score (nSPS) is 21.7. The number of benzene rings is 2. The number of hydrogen-bond donors (Lipinski definition) is 3. The molecule has 2 aromatic rings. The van der Waals surface area contributed by atoms with E-state index in [0.29, 0.717) is 49.7 Å². The topological polar surface area (TPSA) is 98.9 Å². The van der Waals surface area contributed by atoms with Gasteiger partial charge in [-0.05, 0) is 30.3 Å². The minimum absolute atomic E-state index is 0.114. The molecule has 2 unspecified atom stereocenters. The fourth-order valence-electron chi connectivity index (χ4n) is 5.61. The summed E-state index contributed by atoms with van der Waals surface area (Å²) in [7, 11) is 0. The molecule has 2 fully saturated rings. The maximum atomic E-state index is 15.2. The van der Waals surface area contributed by atoms with E-state index in [1.54, 1.807) is 11.0 Å². The van der Waals surface area contributed by atoms with E-state index < -0.39 is 52.3 Å². The Morgan fingerprint density at radius 1 is 1.10 bits per heavy atom. The van der Waals surface area contributed by atoms with Crippen molar-refractivity contribution >= 4 is 34.9 Å². The van der Waals surface area contributed by atoms with Crippen molar-refractivity contribution in [3.63, 3.8) is 0 Å². The van der Waals surface area contributed by atoms with Gasteiger partial charge < -0.3 is 21.1 Å². The van der Waals surface area contributed by atoms with Crippen molar-refractivity contribution in [2.45, 2.75) is 38.0 Å². The van der Waals surface area contributed by atoms with Crippen LogP contribution in [0.25, 0.3) is 0 Å². The van der Waals surface area contributed by atoms with Gasteiger partial charge in [-0.2, -0.15) is 13.2 Å². The third-order valence-electron chi connectivity index (χ3n) is 7.93. The van der Waals surface area contributed by atoms with Gasteiger partial charge in [0.05, 0.1) is 36.5 Å². The average Bonchev–Trinajstić information content (AvgIpc) is 3.35. The van der Waals surface area contributed by atoms with Crippen molar-refractivity contribution in [2.75, 3.05) is 56.1 Å². The molecular formula is C27H32ClF5N5O3+. The lowest BCUT2D eigenvalue weighted by Gasteiger charge is -2.37. The lowest BCUT2D eigenvalue weighted by atomic mass is 10.1. The van der Waals surface area contributed by atoms with Gasteiger partial charge in [0.25, 0.3) is 5.91 Å². The summed E-state index contributed by atoms with van der Waals surface area (Å²) in [4.78, 5) is 28.9. The zero-order valence-corrected chi connectivity index (χ0v) is 22.9. The predicted octanol–water partition coefficient (Wildman–Crippen LogP) is 4.50. The Labute approximate surface area is 239 Å². The zero-order chi connectivity index (χ0) is 29.9. The lowest BCUT2D eigenvalue weighted by Crippen LogP contribution is -2.59. The molecule has 4 N–H and O–H groups in total. The summed E-state index contributed by atoms with van der Waals surface area (Å²) >= 11 is 6.17. The van der Waals surface area contributed by atoms with Crippen LogP contribution in [0.1, 0.15) is 35.2 Å². The highest BCUT2D eigenvalue weighted by atomic mass is 35.5. The summed E-state index contributed by atoms with van der Waals surface area (Å²) < 4.78 is 67.7. The standard InChI is InChI=1S/C27H31ClF5N5O3/c28-18-4-6-21(22(14-18)37-11-9-36(10-12-37)8-7-27(31,32)33)35-25(40)20-5-3-17(23(29)24(20)30)15-38(26(34)41)13-1-2-19(38)16-39/h3-6,14,19,39H,1-2,7-13,15-16H2,(H2-,34,35,40,41)/p+1. The molecule has 2 heterocycles. The van der Waals surface area contributed by atoms with Gasteiger partial charge in [0.2, 0.25) is 0 Å². The monoisotopic (exact) mass is 604 g/mol. The highest BCUT2D eigenvalue weighted by Crippen LogP contribution is 2.33.